The summed E-state index contributed by atoms with van der Waals surface area (Å²) in [6, 6.07) is 0.664. The average Bonchev–Trinajstić information content (AvgIpc) is 2.26. The van der Waals surface area contributed by atoms with E-state index < -0.39 is 17.1 Å². The Balaban J connectivity index is 2.80. The highest BCUT2D eigenvalue weighted by molar-refractivity contribution is 6.30. The molecule has 94 valence electrons. The van der Waals surface area contributed by atoms with Crippen LogP contribution in [0.3, 0.4) is 0 Å². The van der Waals surface area contributed by atoms with Gasteiger partial charge in [-0.15, -0.1) is 0 Å². The lowest BCUT2D eigenvalue weighted by atomic mass is 10.2. The molecule has 17 heavy (non-hydrogen) atoms. The van der Waals surface area contributed by atoms with E-state index in [-0.39, 0.29) is 23.1 Å². The van der Waals surface area contributed by atoms with Crippen LogP contribution in [0, 0.1) is 10.1 Å². The van der Waals surface area contributed by atoms with Crippen LogP contribution in [0.5, 0.6) is 0 Å². The first-order valence-electron chi connectivity index (χ1n) is 4.89. The molecule has 0 radical (unpaired) electrons. The summed E-state index contributed by atoms with van der Waals surface area (Å²) < 4.78 is 0. The van der Waals surface area contributed by atoms with E-state index in [1.807, 2.05) is 0 Å². The number of pyridine rings is 1. The summed E-state index contributed by atoms with van der Waals surface area (Å²) in [5.74, 6) is 0.0792. The maximum absolute atomic E-state index is 10.7. The minimum atomic E-state index is -0.714. The minimum absolute atomic E-state index is 0.0792. The zero-order valence-corrected chi connectivity index (χ0v) is 9.89. The summed E-state index contributed by atoms with van der Waals surface area (Å²) in [6.07, 6.45) is 0.582. The van der Waals surface area contributed by atoms with Gasteiger partial charge in [-0.2, -0.15) is 0 Å². The zero-order chi connectivity index (χ0) is 13.0. The molecule has 1 rings (SSSR count). The number of anilines is 1. The number of rotatable bonds is 5. The molecule has 0 saturated heterocycles. The molecule has 7 nitrogen and oxygen atoms in total. The largest absolute Gasteiger partial charge is 0.392 e. The third-order valence-corrected chi connectivity index (χ3v) is 2.36. The number of nitro groups is 1. The second kappa shape index (κ2) is 5.76. The summed E-state index contributed by atoms with van der Waals surface area (Å²) in [4.78, 5) is 14.0. The number of aromatic nitrogens is 1. The van der Waals surface area contributed by atoms with Crippen molar-refractivity contribution in [2.24, 2.45) is 5.73 Å². The summed E-state index contributed by atoms with van der Waals surface area (Å²) >= 11 is 5.61. The summed E-state index contributed by atoms with van der Waals surface area (Å²) in [5.41, 5.74) is 5.36. The van der Waals surface area contributed by atoms with Gasteiger partial charge in [0.05, 0.1) is 16.0 Å². The third-order valence-electron chi connectivity index (χ3n) is 2.16. The topological polar surface area (TPSA) is 114 Å². The van der Waals surface area contributed by atoms with Crippen LogP contribution in [0.4, 0.5) is 11.5 Å². The molecular weight excluding hydrogens is 248 g/mol. The predicted octanol–water partition coefficient (Wildman–Crippen LogP) is 0.763. The Morgan fingerprint density at radius 1 is 1.76 bits per heavy atom. The molecule has 2 unspecified atom stereocenters. The number of aliphatic hydroxyl groups is 1. The molecule has 0 bridgehead atoms. The van der Waals surface area contributed by atoms with Crippen molar-refractivity contribution < 1.29 is 10.0 Å². The van der Waals surface area contributed by atoms with Crippen molar-refractivity contribution >= 4 is 23.1 Å². The van der Waals surface area contributed by atoms with Gasteiger partial charge in [0.15, 0.2) is 0 Å². The van der Waals surface area contributed by atoms with Crippen LogP contribution in [0.15, 0.2) is 12.3 Å². The summed E-state index contributed by atoms with van der Waals surface area (Å²) in [5, 5.41) is 22.8. The highest BCUT2D eigenvalue weighted by Gasteiger charge is 2.17. The Morgan fingerprint density at radius 2 is 2.41 bits per heavy atom. The highest BCUT2D eigenvalue weighted by atomic mass is 35.5. The van der Waals surface area contributed by atoms with Crippen LogP contribution in [-0.4, -0.2) is 33.7 Å². The molecule has 1 heterocycles. The van der Waals surface area contributed by atoms with Gasteiger partial charge in [0.25, 0.3) is 0 Å². The number of aliphatic hydroxyl groups excluding tert-OH is 1. The van der Waals surface area contributed by atoms with E-state index in [1.165, 1.54) is 19.2 Å². The normalized spacial score (nSPS) is 14.1. The molecule has 0 amide bonds. The fourth-order valence-corrected chi connectivity index (χ4v) is 1.24. The fraction of sp³-hybridized carbons (Fsp3) is 0.444. The van der Waals surface area contributed by atoms with Gasteiger partial charge < -0.3 is 16.2 Å². The van der Waals surface area contributed by atoms with Crippen molar-refractivity contribution in [2.45, 2.75) is 19.1 Å². The van der Waals surface area contributed by atoms with E-state index in [0.717, 1.165) is 0 Å². The van der Waals surface area contributed by atoms with E-state index in [9.17, 15) is 15.2 Å². The first-order valence-corrected chi connectivity index (χ1v) is 5.27. The molecular formula is C9H13ClN4O3. The van der Waals surface area contributed by atoms with Gasteiger partial charge in [-0.1, -0.05) is 11.6 Å². The smallest absolute Gasteiger partial charge is 0.312 e. The van der Waals surface area contributed by atoms with Gasteiger partial charge in [-0.05, 0) is 6.92 Å². The average molecular weight is 261 g/mol. The van der Waals surface area contributed by atoms with Crippen LogP contribution in [0.2, 0.25) is 5.02 Å². The zero-order valence-electron chi connectivity index (χ0n) is 9.13. The highest BCUT2D eigenvalue weighted by Crippen LogP contribution is 2.24. The number of halogens is 1. The van der Waals surface area contributed by atoms with Gasteiger partial charge in [0, 0.05) is 24.8 Å². The molecule has 1 aromatic rings. The maximum Gasteiger partial charge on any atom is 0.312 e. The molecule has 0 spiro atoms. The lowest BCUT2D eigenvalue weighted by molar-refractivity contribution is -0.384. The third kappa shape index (κ3) is 3.81. The van der Waals surface area contributed by atoms with Crippen LogP contribution in [-0.2, 0) is 0 Å². The molecule has 0 fully saturated rings. The maximum atomic E-state index is 10.7. The van der Waals surface area contributed by atoms with Crippen LogP contribution < -0.4 is 11.1 Å². The minimum Gasteiger partial charge on any atom is -0.392 e. The Kier molecular flexibility index (Phi) is 4.62. The molecule has 0 aliphatic heterocycles. The standard InChI is InChI=1S/C9H13ClN4O3/c1-5(15)7(11)4-13-9-8(14(16)17)2-6(10)3-12-9/h2-3,5,7,15H,4,11H2,1H3,(H,12,13). The molecule has 0 aromatic carbocycles. The summed E-state index contributed by atoms with van der Waals surface area (Å²) in [7, 11) is 0. The van der Waals surface area contributed by atoms with Crippen LogP contribution >= 0.6 is 11.6 Å². The second-order valence-corrected chi connectivity index (χ2v) is 4.00. The van der Waals surface area contributed by atoms with Crippen molar-refractivity contribution in [1.29, 1.82) is 0 Å². The second-order valence-electron chi connectivity index (χ2n) is 3.56. The van der Waals surface area contributed by atoms with Gasteiger partial charge in [0.1, 0.15) is 0 Å². The predicted molar refractivity (Wildman–Crippen MR) is 64.0 cm³/mol. The monoisotopic (exact) mass is 260 g/mol. The SMILES string of the molecule is CC(O)C(N)CNc1ncc(Cl)cc1[N+](=O)[O-]. The van der Waals surface area contributed by atoms with Crippen molar-refractivity contribution in [3.8, 4) is 0 Å². The van der Waals surface area contributed by atoms with E-state index in [4.69, 9.17) is 17.3 Å². The molecule has 0 aliphatic carbocycles. The van der Waals surface area contributed by atoms with E-state index in [0.29, 0.717) is 0 Å². The molecule has 0 aliphatic rings. The lowest BCUT2D eigenvalue weighted by Gasteiger charge is -2.15. The number of nitrogens with two attached hydrogens (primary N) is 1. The van der Waals surface area contributed by atoms with Gasteiger partial charge in [-0.3, -0.25) is 10.1 Å². The quantitative estimate of drug-likeness (QED) is 0.532. The van der Waals surface area contributed by atoms with Crippen molar-refractivity contribution in [2.75, 3.05) is 11.9 Å². The summed E-state index contributed by atoms with van der Waals surface area (Å²) in [6.45, 7) is 1.71. The molecule has 8 heteroatoms. The number of hydrogen-bond donors (Lipinski definition) is 3. The van der Waals surface area contributed by atoms with Crippen molar-refractivity contribution in [3.05, 3.63) is 27.4 Å². The molecule has 0 saturated carbocycles. The molecule has 1 aromatic heterocycles. The first kappa shape index (κ1) is 13.6. The number of nitrogens with one attached hydrogen (secondary N) is 1. The number of nitrogens with zero attached hydrogens (tertiary/aromatic N) is 2. The van der Waals surface area contributed by atoms with Crippen LogP contribution in [0.1, 0.15) is 6.92 Å². The van der Waals surface area contributed by atoms with Crippen LogP contribution in [0.25, 0.3) is 0 Å². The van der Waals surface area contributed by atoms with Gasteiger partial charge in [0.2, 0.25) is 5.82 Å². The Morgan fingerprint density at radius 3 is 2.94 bits per heavy atom. The Hall–Kier alpha value is -1.44. The first-order chi connectivity index (χ1) is 7.91. The van der Waals surface area contributed by atoms with Crippen molar-refractivity contribution in [3.63, 3.8) is 0 Å². The van der Waals surface area contributed by atoms with Gasteiger partial charge >= 0.3 is 5.69 Å². The van der Waals surface area contributed by atoms with Crippen molar-refractivity contribution in [1.82, 2.24) is 4.98 Å². The molecule has 2 atom stereocenters. The Bertz CT molecular complexity index is 413. The number of hydrogen-bond acceptors (Lipinski definition) is 6. The fourth-order valence-electron chi connectivity index (χ4n) is 1.09. The van der Waals surface area contributed by atoms with E-state index in [1.54, 1.807) is 0 Å². The van der Waals surface area contributed by atoms with E-state index >= 15 is 0 Å². The van der Waals surface area contributed by atoms with Gasteiger partial charge in [-0.25, -0.2) is 4.98 Å². The van der Waals surface area contributed by atoms with E-state index in [2.05, 4.69) is 10.3 Å². The molecule has 4 N–H and O–H groups in total. The Labute approximate surface area is 103 Å². The lowest BCUT2D eigenvalue weighted by Crippen LogP contribution is -2.38.